The fourth-order valence-corrected chi connectivity index (χ4v) is 3.41. The van der Waals surface area contributed by atoms with Gasteiger partial charge in [-0.2, -0.15) is 0 Å². The second-order valence-corrected chi connectivity index (χ2v) is 6.54. The number of carboxylic acids is 1. The first-order chi connectivity index (χ1) is 11.3. The molecular formula is C16H16ClFN2O4. The van der Waals surface area contributed by atoms with Gasteiger partial charge in [-0.3, -0.25) is 9.59 Å². The SMILES string of the molecule is O=C(C1CC(=O)N(c2ccccc2Cl)C1)N1CCC(F)(C(=O)O)C1. The quantitative estimate of drug-likeness (QED) is 0.896. The predicted molar refractivity (Wildman–Crippen MR) is 84.6 cm³/mol. The molecule has 2 heterocycles. The van der Waals surface area contributed by atoms with Crippen LogP contribution in [-0.4, -0.2) is 53.1 Å². The third-order valence-electron chi connectivity index (χ3n) is 4.53. The van der Waals surface area contributed by atoms with Crippen LogP contribution in [0.1, 0.15) is 12.8 Å². The highest BCUT2D eigenvalue weighted by molar-refractivity contribution is 6.33. The van der Waals surface area contributed by atoms with Crippen LogP contribution in [0, 0.1) is 5.92 Å². The van der Waals surface area contributed by atoms with Gasteiger partial charge < -0.3 is 14.9 Å². The number of alkyl halides is 1. The Kier molecular flexibility index (Phi) is 4.21. The van der Waals surface area contributed by atoms with E-state index in [-0.39, 0.29) is 31.8 Å². The van der Waals surface area contributed by atoms with Crippen LogP contribution in [0.3, 0.4) is 0 Å². The van der Waals surface area contributed by atoms with E-state index < -0.39 is 30.0 Å². The maximum Gasteiger partial charge on any atom is 0.343 e. The normalized spacial score (nSPS) is 26.9. The van der Waals surface area contributed by atoms with Crippen LogP contribution in [0.2, 0.25) is 5.02 Å². The predicted octanol–water partition coefficient (Wildman–Crippen LogP) is 1.72. The summed E-state index contributed by atoms with van der Waals surface area (Å²) in [7, 11) is 0. The van der Waals surface area contributed by atoms with Gasteiger partial charge in [-0.25, -0.2) is 9.18 Å². The average molecular weight is 355 g/mol. The average Bonchev–Trinajstić information content (AvgIpc) is 3.12. The number of halogens is 2. The standard InChI is InChI=1S/C16H16ClFN2O4/c17-11-3-1-2-4-12(11)20-8-10(7-13(20)21)14(22)19-6-5-16(18,9-19)15(23)24/h1-4,10H,5-9H2,(H,23,24). The molecule has 0 spiro atoms. The van der Waals surface area contributed by atoms with Crippen molar-refractivity contribution in [1.29, 1.82) is 0 Å². The van der Waals surface area contributed by atoms with Crippen molar-refractivity contribution in [3.05, 3.63) is 29.3 Å². The molecule has 2 atom stereocenters. The van der Waals surface area contributed by atoms with Gasteiger partial charge in [-0.1, -0.05) is 23.7 Å². The van der Waals surface area contributed by atoms with Gasteiger partial charge in [0.15, 0.2) is 0 Å². The third-order valence-corrected chi connectivity index (χ3v) is 4.85. The van der Waals surface area contributed by atoms with E-state index in [0.29, 0.717) is 10.7 Å². The van der Waals surface area contributed by atoms with E-state index in [1.165, 1.54) is 9.80 Å². The summed E-state index contributed by atoms with van der Waals surface area (Å²) in [5.74, 6) is -2.80. The second-order valence-electron chi connectivity index (χ2n) is 6.14. The van der Waals surface area contributed by atoms with Crippen molar-refractivity contribution in [2.45, 2.75) is 18.5 Å². The van der Waals surface area contributed by atoms with Crippen LogP contribution in [0.5, 0.6) is 0 Å². The van der Waals surface area contributed by atoms with Crippen LogP contribution in [-0.2, 0) is 14.4 Å². The molecule has 24 heavy (non-hydrogen) atoms. The number of benzene rings is 1. The fourth-order valence-electron chi connectivity index (χ4n) is 3.17. The van der Waals surface area contributed by atoms with E-state index in [9.17, 15) is 18.8 Å². The number of carboxylic acid groups (broad SMARTS) is 1. The Balaban J connectivity index is 1.71. The van der Waals surface area contributed by atoms with Gasteiger partial charge >= 0.3 is 5.97 Å². The first-order valence-electron chi connectivity index (χ1n) is 7.58. The molecule has 1 aromatic rings. The van der Waals surface area contributed by atoms with E-state index in [0.717, 1.165) is 0 Å². The summed E-state index contributed by atoms with van der Waals surface area (Å²) in [4.78, 5) is 38.3. The maximum absolute atomic E-state index is 14.1. The largest absolute Gasteiger partial charge is 0.479 e. The van der Waals surface area contributed by atoms with E-state index in [1.54, 1.807) is 24.3 Å². The summed E-state index contributed by atoms with van der Waals surface area (Å²) in [6.45, 7) is -0.277. The van der Waals surface area contributed by atoms with Crippen LogP contribution in [0.25, 0.3) is 0 Å². The van der Waals surface area contributed by atoms with E-state index in [4.69, 9.17) is 16.7 Å². The Morgan fingerprint density at radius 1 is 1.33 bits per heavy atom. The molecule has 2 aliphatic rings. The van der Waals surface area contributed by atoms with Gasteiger partial charge in [0.25, 0.3) is 0 Å². The van der Waals surface area contributed by atoms with Gasteiger partial charge in [-0.15, -0.1) is 0 Å². The summed E-state index contributed by atoms with van der Waals surface area (Å²) >= 11 is 6.09. The minimum absolute atomic E-state index is 0.00686. The number of aliphatic carboxylic acids is 1. The lowest BCUT2D eigenvalue weighted by Crippen LogP contribution is -2.41. The molecule has 2 unspecified atom stereocenters. The highest BCUT2D eigenvalue weighted by atomic mass is 35.5. The minimum atomic E-state index is -2.40. The maximum atomic E-state index is 14.1. The number of amides is 2. The molecule has 0 bridgehead atoms. The molecule has 6 nitrogen and oxygen atoms in total. The number of hydrogen-bond donors (Lipinski definition) is 1. The van der Waals surface area contributed by atoms with E-state index >= 15 is 0 Å². The summed E-state index contributed by atoms with van der Waals surface area (Å²) < 4.78 is 14.1. The lowest BCUT2D eigenvalue weighted by Gasteiger charge is -2.22. The van der Waals surface area contributed by atoms with Crippen molar-refractivity contribution in [3.63, 3.8) is 0 Å². The van der Waals surface area contributed by atoms with Crippen LogP contribution in [0.15, 0.2) is 24.3 Å². The van der Waals surface area contributed by atoms with Crippen molar-refractivity contribution < 1.29 is 23.9 Å². The highest BCUT2D eigenvalue weighted by Gasteiger charge is 2.49. The Morgan fingerprint density at radius 3 is 2.67 bits per heavy atom. The van der Waals surface area contributed by atoms with Crippen LogP contribution in [0.4, 0.5) is 10.1 Å². The molecule has 0 aliphatic carbocycles. The Hall–Kier alpha value is -2.15. The molecule has 0 aromatic heterocycles. The first kappa shape index (κ1) is 16.7. The van der Waals surface area contributed by atoms with Crippen LogP contribution < -0.4 is 4.90 Å². The van der Waals surface area contributed by atoms with E-state index in [2.05, 4.69) is 0 Å². The third kappa shape index (κ3) is 2.84. The Morgan fingerprint density at radius 2 is 2.04 bits per heavy atom. The molecule has 1 aromatic carbocycles. The van der Waals surface area contributed by atoms with Crippen molar-refractivity contribution in [1.82, 2.24) is 4.90 Å². The minimum Gasteiger partial charge on any atom is -0.479 e. The molecule has 1 N–H and O–H groups in total. The van der Waals surface area contributed by atoms with Crippen molar-refractivity contribution in [2.75, 3.05) is 24.5 Å². The first-order valence-corrected chi connectivity index (χ1v) is 7.95. The number of para-hydroxylation sites is 1. The van der Waals surface area contributed by atoms with Gasteiger partial charge in [0, 0.05) is 25.9 Å². The Labute approximate surface area is 142 Å². The lowest BCUT2D eigenvalue weighted by molar-refractivity contribution is -0.150. The lowest BCUT2D eigenvalue weighted by atomic mass is 10.1. The van der Waals surface area contributed by atoms with Gasteiger partial charge in [0.1, 0.15) is 0 Å². The molecule has 2 fully saturated rings. The van der Waals surface area contributed by atoms with Crippen molar-refractivity contribution in [3.8, 4) is 0 Å². The fraction of sp³-hybridized carbons (Fsp3) is 0.438. The molecule has 2 amide bonds. The zero-order chi connectivity index (χ0) is 17.5. The summed E-state index contributed by atoms with van der Waals surface area (Å²) in [5, 5.41) is 9.32. The zero-order valence-corrected chi connectivity index (χ0v) is 13.5. The number of rotatable bonds is 3. The summed E-state index contributed by atoms with van der Waals surface area (Å²) in [6.07, 6.45) is -0.226. The van der Waals surface area contributed by atoms with E-state index in [1.807, 2.05) is 0 Å². The molecule has 2 aliphatic heterocycles. The van der Waals surface area contributed by atoms with Crippen molar-refractivity contribution >= 4 is 35.1 Å². The number of likely N-dealkylation sites (tertiary alicyclic amines) is 1. The summed E-state index contributed by atoms with van der Waals surface area (Å²) in [5.41, 5.74) is -1.87. The number of carbonyl (C=O) groups is 3. The second kappa shape index (κ2) is 6.05. The van der Waals surface area contributed by atoms with Gasteiger partial charge in [0.2, 0.25) is 17.5 Å². The van der Waals surface area contributed by atoms with Gasteiger partial charge in [-0.05, 0) is 12.1 Å². The molecule has 0 radical (unpaired) electrons. The van der Waals surface area contributed by atoms with Crippen molar-refractivity contribution in [2.24, 2.45) is 5.92 Å². The number of nitrogens with zero attached hydrogens (tertiary/aromatic N) is 2. The number of anilines is 1. The monoisotopic (exact) mass is 354 g/mol. The molecule has 2 saturated heterocycles. The zero-order valence-electron chi connectivity index (χ0n) is 12.7. The Bertz CT molecular complexity index is 713. The molecular weight excluding hydrogens is 339 g/mol. The van der Waals surface area contributed by atoms with Gasteiger partial charge in [0.05, 0.1) is 23.2 Å². The summed E-state index contributed by atoms with van der Waals surface area (Å²) in [6, 6.07) is 6.84. The molecule has 0 saturated carbocycles. The number of carbonyl (C=O) groups excluding carboxylic acids is 2. The topological polar surface area (TPSA) is 77.9 Å². The molecule has 3 rings (SSSR count). The molecule has 8 heteroatoms. The smallest absolute Gasteiger partial charge is 0.343 e. The highest BCUT2D eigenvalue weighted by Crippen LogP contribution is 2.33. The van der Waals surface area contributed by atoms with Crippen LogP contribution >= 0.6 is 11.6 Å². The number of hydrogen-bond acceptors (Lipinski definition) is 3. The molecule has 128 valence electrons.